The van der Waals surface area contributed by atoms with Crippen LogP contribution in [-0.4, -0.2) is 4.98 Å². The Morgan fingerprint density at radius 3 is 1.04 bits per heavy atom. The molecule has 0 aliphatic carbocycles. The minimum absolute atomic E-state index is 0.619. The molecule has 1 aromatic rings. The van der Waals surface area contributed by atoms with Crippen LogP contribution >= 0.6 is 0 Å². The lowest BCUT2D eigenvalue weighted by Crippen LogP contribution is -2.41. The van der Waals surface area contributed by atoms with Gasteiger partial charge in [0, 0.05) is 0 Å². The number of rotatable bonds is 36. The Labute approximate surface area is 285 Å². The number of H-pyrrole nitrogens is 1. The Morgan fingerprint density at radius 2 is 0.711 bits per heavy atom. The third-order valence-corrected chi connectivity index (χ3v) is 10.6. The third-order valence-electron chi connectivity index (χ3n) is 10.6. The van der Waals surface area contributed by atoms with E-state index in [1.807, 2.05) is 0 Å². The lowest BCUT2D eigenvalue weighted by molar-refractivity contribution is -0.727. The standard InChI is InChI=1S/C43H84N2/c1-5-8-11-14-16-18-20-22-24-26-28-31-33-36-41(4)45-40-39-44-43(45)42(37-34-30-13-10-7-3)38-35-32-29-27-25-23-21-19-17-15-12-9-6-2/h39-42H,5-38H2,1-4H3/p+1. The first-order valence-electron chi connectivity index (χ1n) is 21.3. The van der Waals surface area contributed by atoms with Crippen molar-refractivity contribution in [3.8, 4) is 0 Å². The highest BCUT2D eigenvalue weighted by molar-refractivity contribution is 4.90. The average molecular weight is 630 g/mol. The molecule has 2 heteroatoms. The van der Waals surface area contributed by atoms with Crippen LogP contribution in [0.15, 0.2) is 12.4 Å². The molecule has 2 unspecified atom stereocenters. The van der Waals surface area contributed by atoms with Crippen LogP contribution in [0.25, 0.3) is 0 Å². The Hall–Kier alpha value is -0.790. The van der Waals surface area contributed by atoms with E-state index < -0.39 is 0 Å². The zero-order valence-electron chi connectivity index (χ0n) is 31.8. The molecule has 0 fully saturated rings. The van der Waals surface area contributed by atoms with Gasteiger partial charge < -0.3 is 0 Å². The Bertz CT molecular complexity index is 694. The fraction of sp³-hybridized carbons (Fsp3) is 0.930. The van der Waals surface area contributed by atoms with E-state index in [0.717, 1.165) is 0 Å². The quantitative estimate of drug-likeness (QED) is 0.0563. The Morgan fingerprint density at radius 1 is 0.422 bits per heavy atom. The minimum atomic E-state index is 0.619. The third kappa shape index (κ3) is 25.0. The highest BCUT2D eigenvalue weighted by atomic mass is 15.1. The predicted octanol–water partition coefficient (Wildman–Crippen LogP) is 15.3. The van der Waals surface area contributed by atoms with Crippen molar-refractivity contribution in [3.63, 3.8) is 0 Å². The molecular formula is C43H85N2+. The van der Waals surface area contributed by atoms with E-state index in [-0.39, 0.29) is 0 Å². The molecule has 0 aliphatic rings. The normalized spacial score (nSPS) is 13.1. The Kier molecular flexibility index (Phi) is 31.1. The summed E-state index contributed by atoms with van der Waals surface area (Å²) >= 11 is 0. The molecule has 0 aliphatic heterocycles. The predicted molar refractivity (Wildman–Crippen MR) is 202 cm³/mol. The second-order valence-corrected chi connectivity index (χ2v) is 15.1. The summed E-state index contributed by atoms with van der Waals surface area (Å²) in [4.78, 5) is 3.75. The summed E-state index contributed by atoms with van der Waals surface area (Å²) in [5, 5.41) is 0. The summed E-state index contributed by atoms with van der Waals surface area (Å²) < 4.78 is 2.64. The SMILES string of the molecule is CCCCCCCCCCCCCCCC(CCCCCCC)c1[nH]cc[n+]1C(C)CCCCCCCCCCCCCCC. The van der Waals surface area contributed by atoms with Crippen LogP contribution in [0, 0.1) is 0 Å². The molecule has 45 heavy (non-hydrogen) atoms. The van der Waals surface area contributed by atoms with Gasteiger partial charge in [0.15, 0.2) is 0 Å². The number of nitrogens with one attached hydrogen (secondary N) is 1. The van der Waals surface area contributed by atoms with Crippen molar-refractivity contribution >= 4 is 0 Å². The van der Waals surface area contributed by atoms with Crippen molar-refractivity contribution in [1.29, 1.82) is 0 Å². The first-order chi connectivity index (χ1) is 22.2. The van der Waals surface area contributed by atoms with E-state index in [9.17, 15) is 0 Å². The van der Waals surface area contributed by atoms with Gasteiger partial charge in [-0.05, 0) is 32.6 Å². The molecule has 0 bridgehead atoms. The summed E-state index contributed by atoms with van der Waals surface area (Å²) in [5.74, 6) is 2.25. The van der Waals surface area contributed by atoms with Crippen LogP contribution in [0.1, 0.15) is 264 Å². The lowest BCUT2D eigenvalue weighted by atomic mass is 9.93. The Balaban J connectivity index is 2.29. The molecule has 1 heterocycles. The smallest absolute Gasteiger partial charge is 0.247 e. The highest BCUT2D eigenvalue weighted by Gasteiger charge is 2.25. The molecule has 1 N–H and O–H groups in total. The molecule has 0 aromatic carbocycles. The number of nitrogens with zero attached hydrogens (tertiary/aromatic N) is 1. The second-order valence-electron chi connectivity index (χ2n) is 15.1. The lowest BCUT2D eigenvalue weighted by Gasteiger charge is -2.17. The van der Waals surface area contributed by atoms with Gasteiger partial charge in [-0.1, -0.05) is 213 Å². The molecule has 0 radical (unpaired) electrons. The van der Waals surface area contributed by atoms with E-state index >= 15 is 0 Å². The first-order valence-corrected chi connectivity index (χ1v) is 21.3. The fourth-order valence-electron chi connectivity index (χ4n) is 7.49. The molecule has 2 nitrogen and oxygen atoms in total. The van der Waals surface area contributed by atoms with Crippen LogP contribution in [0.2, 0.25) is 0 Å². The molecule has 1 rings (SSSR count). The molecule has 266 valence electrons. The van der Waals surface area contributed by atoms with Crippen LogP contribution in [0.5, 0.6) is 0 Å². The number of hydrogen-bond donors (Lipinski definition) is 1. The second kappa shape index (κ2) is 33.1. The van der Waals surface area contributed by atoms with Gasteiger partial charge in [-0.15, -0.1) is 0 Å². The molecule has 0 amide bonds. The minimum Gasteiger partial charge on any atom is -0.247 e. The number of aromatic amines is 1. The van der Waals surface area contributed by atoms with E-state index in [4.69, 9.17) is 0 Å². The van der Waals surface area contributed by atoms with E-state index in [1.54, 1.807) is 0 Å². The number of imidazole rings is 1. The highest BCUT2D eigenvalue weighted by Crippen LogP contribution is 2.27. The van der Waals surface area contributed by atoms with Crippen molar-refractivity contribution in [3.05, 3.63) is 18.2 Å². The van der Waals surface area contributed by atoms with Crippen molar-refractivity contribution in [2.75, 3.05) is 0 Å². The molecule has 0 spiro atoms. The molecule has 0 saturated heterocycles. The maximum Gasteiger partial charge on any atom is 0.257 e. The fourth-order valence-corrected chi connectivity index (χ4v) is 7.49. The van der Waals surface area contributed by atoms with Crippen LogP contribution in [0.4, 0.5) is 0 Å². The summed E-state index contributed by atoms with van der Waals surface area (Å²) in [6.45, 7) is 9.43. The van der Waals surface area contributed by atoms with Crippen molar-refractivity contribution in [2.45, 2.75) is 258 Å². The van der Waals surface area contributed by atoms with Crippen molar-refractivity contribution in [1.82, 2.24) is 4.98 Å². The van der Waals surface area contributed by atoms with Gasteiger partial charge in [0.05, 0.1) is 12.0 Å². The zero-order chi connectivity index (χ0) is 32.5. The summed E-state index contributed by atoms with van der Waals surface area (Å²) in [7, 11) is 0. The molecule has 1 aromatic heterocycles. The van der Waals surface area contributed by atoms with E-state index in [0.29, 0.717) is 12.0 Å². The first kappa shape index (κ1) is 42.2. The molecule has 2 atom stereocenters. The van der Waals surface area contributed by atoms with Gasteiger partial charge in [-0.2, -0.15) is 0 Å². The number of unbranched alkanes of at least 4 members (excludes halogenated alkanes) is 28. The van der Waals surface area contributed by atoms with Crippen LogP contribution in [0.3, 0.4) is 0 Å². The van der Waals surface area contributed by atoms with Gasteiger partial charge in [0.2, 0.25) is 0 Å². The van der Waals surface area contributed by atoms with Gasteiger partial charge >= 0.3 is 0 Å². The number of aromatic nitrogens is 2. The van der Waals surface area contributed by atoms with Gasteiger partial charge in [-0.3, -0.25) is 0 Å². The summed E-state index contributed by atoms with van der Waals surface area (Å²) in [5.41, 5.74) is 0. The van der Waals surface area contributed by atoms with Crippen LogP contribution < -0.4 is 4.57 Å². The summed E-state index contributed by atoms with van der Waals surface area (Å²) in [6, 6.07) is 0.619. The monoisotopic (exact) mass is 630 g/mol. The van der Waals surface area contributed by atoms with Gasteiger partial charge in [0.25, 0.3) is 5.82 Å². The maximum atomic E-state index is 3.75. The van der Waals surface area contributed by atoms with Gasteiger partial charge in [0.1, 0.15) is 12.4 Å². The number of hydrogen-bond acceptors (Lipinski definition) is 0. The van der Waals surface area contributed by atoms with Crippen molar-refractivity contribution < 1.29 is 4.57 Å². The average Bonchev–Trinajstić information content (AvgIpc) is 3.54. The van der Waals surface area contributed by atoms with Crippen molar-refractivity contribution in [2.24, 2.45) is 0 Å². The molecular weight excluding hydrogens is 544 g/mol. The van der Waals surface area contributed by atoms with Crippen LogP contribution in [-0.2, 0) is 0 Å². The van der Waals surface area contributed by atoms with Gasteiger partial charge in [-0.25, -0.2) is 9.55 Å². The topological polar surface area (TPSA) is 19.7 Å². The maximum absolute atomic E-state index is 3.75. The van der Waals surface area contributed by atoms with E-state index in [2.05, 4.69) is 49.6 Å². The summed E-state index contributed by atoms with van der Waals surface area (Å²) in [6.07, 6.45) is 53.2. The zero-order valence-corrected chi connectivity index (χ0v) is 31.8. The largest absolute Gasteiger partial charge is 0.257 e. The van der Waals surface area contributed by atoms with E-state index in [1.165, 1.54) is 224 Å². The molecule has 0 saturated carbocycles.